The smallest absolute Gasteiger partial charge is 0.327 e. The second kappa shape index (κ2) is 5.17. The maximum atomic E-state index is 11.9. The first kappa shape index (κ1) is 13.8. The van der Waals surface area contributed by atoms with E-state index in [9.17, 15) is 4.79 Å². The minimum absolute atomic E-state index is 0.238. The normalized spacial score (nSPS) is 28.4. The van der Waals surface area contributed by atoms with Gasteiger partial charge in [-0.25, -0.2) is 0 Å². The number of rotatable bonds is 5. The van der Waals surface area contributed by atoms with Crippen LogP contribution in [-0.2, 0) is 9.53 Å². The lowest BCUT2D eigenvalue weighted by atomic mass is 9.93. The Hall–Kier alpha value is -0.610. The van der Waals surface area contributed by atoms with Gasteiger partial charge in [0.2, 0.25) is 0 Å². The van der Waals surface area contributed by atoms with E-state index in [-0.39, 0.29) is 5.97 Å². The van der Waals surface area contributed by atoms with Gasteiger partial charge in [0, 0.05) is 13.1 Å². The first-order valence-electron chi connectivity index (χ1n) is 7.07. The highest BCUT2D eigenvalue weighted by atomic mass is 16.5. The van der Waals surface area contributed by atoms with Gasteiger partial charge in [-0.2, -0.15) is 0 Å². The molecule has 2 aliphatic rings. The number of likely N-dealkylation sites (tertiary alicyclic amines) is 1. The molecule has 2 N–H and O–H groups in total. The fraction of sp³-hybridized carbons (Fsp3) is 0.929. The van der Waals surface area contributed by atoms with Crippen molar-refractivity contribution in [3.8, 4) is 0 Å². The highest BCUT2D eigenvalue weighted by Crippen LogP contribution is 2.40. The van der Waals surface area contributed by atoms with Gasteiger partial charge in [-0.05, 0) is 43.6 Å². The van der Waals surface area contributed by atoms with Crippen molar-refractivity contribution >= 4 is 5.97 Å². The molecule has 0 aromatic rings. The highest BCUT2D eigenvalue weighted by Gasteiger charge is 2.50. The van der Waals surface area contributed by atoms with Crippen LogP contribution in [0.25, 0.3) is 0 Å². The van der Waals surface area contributed by atoms with E-state index < -0.39 is 5.54 Å². The Balaban J connectivity index is 1.96. The average molecular weight is 254 g/mol. The number of methoxy groups -OCH3 is 1. The van der Waals surface area contributed by atoms with Gasteiger partial charge in [0.1, 0.15) is 5.54 Å². The molecule has 0 radical (unpaired) electrons. The number of hydrogen-bond acceptors (Lipinski definition) is 4. The molecule has 0 aromatic carbocycles. The zero-order valence-electron chi connectivity index (χ0n) is 11.8. The molecule has 2 unspecified atom stereocenters. The Morgan fingerprint density at radius 3 is 2.56 bits per heavy atom. The minimum Gasteiger partial charge on any atom is -0.468 e. The number of esters is 1. The van der Waals surface area contributed by atoms with E-state index in [0.717, 1.165) is 31.8 Å². The molecule has 1 heterocycles. The lowest BCUT2D eigenvalue weighted by Gasteiger charge is -2.31. The summed E-state index contributed by atoms with van der Waals surface area (Å²) in [6, 6.07) is 0. The summed E-state index contributed by atoms with van der Waals surface area (Å²) in [6.07, 6.45) is 3.35. The first-order chi connectivity index (χ1) is 8.47. The minimum atomic E-state index is -0.777. The quantitative estimate of drug-likeness (QED) is 0.750. The number of hydrogen-bond donors (Lipinski definition) is 1. The number of nitrogens with zero attached hydrogens (tertiary/aromatic N) is 1. The highest BCUT2D eigenvalue weighted by molar-refractivity contribution is 5.81. The van der Waals surface area contributed by atoms with Gasteiger partial charge < -0.3 is 15.4 Å². The van der Waals surface area contributed by atoms with Crippen LogP contribution in [0.1, 0.15) is 33.1 Å². The van der Waals surface area contributed by atoms with E-state index in [4.69, 9.17) is 10.5 Å². The molecule has 0 amide bonds. The third-order valence-electron chi connectivity index (χ3n) is 4.61. The van der Waals surface area contributed by atoms with E-state index in [1.54, 1.807) is 0 Å². The Morgan fingerprint density at radius 1 is 1.44 bits per heavy atom. The zero-order valence-corrected chi connectivity index (χ0v) is 11.8. The van der Waals surface area contributed by atoms with E-state index in [2.05, 4.69) is 18.7 Å². The standard InChI is InChI=1S/C14H26N2O2/c1-10(2)11-6-7-16(8-11)9-14(15,12-4-5-12)13(17)18-3/h10-12H,4-9,15H2,1-3H3. The van der Waals surface area contributed by atoms with E-state index in [0.29, 0.717) is 18.4 Å². The van der Waals surface area contributed by atoms with Crippen LogP contribution in [0.4, 0.5) is 0 Å². The van der Waals surface area contributed by atoms with Gasteiger partial charge in [0.15, 0.2) is 0 Å². The molecule has 2 atom stereocenters. The Morgan fingerprint density at radius 2 is 2.11 bits per heavy atom. The molecule has 104 valence electrons. The monoisotopic (exact) mass is 254 g/mol. The van der Waals surface area contributed by atoms with Crippen LogP contribution in [0.5, 0.6) is 0 Å². The summed E-state index contributed by atoms with van der Waals surface area (Å²) in [5.41, 5.74) is 5.57. The van der Waals surface area contributed by atoms with Crippen molar-refractivity contribution < 1.29 is 9.53 Å². The van der Waals surface area contributed by atoms with Crippen LogP contribution >= 0.6 is 0 Å². The summed E-state index contributed by atoms with van der Waals surface area (Å²) in [5, 5.41) is 0. The van der Waals surface area contributed by atoms with Crippen molar-refractivity contribution in [2.24, 2.45) is 23.5 Å². The van der Waals surface area contributed by atoms with E-state index in [1.165, 1.54) is 13.5 Å². The third kappa shape index (κ3) is 2.69. The summed E-state index contributed by atoms with van der Waals surface area (Å²) in [6.45, 7) is 7.33. The predicted octanol–water partition coefficient (Wildman–Crippen LogP) is 1.24. The molecule has 1 aliphatic heterocycles. The van der Waals surface area contributed by atoms with Gasteiger partial charge in [0.05, 0.1) is 7.11 Å². The predicted molar refractivity (Wildman–Crippen MR) is 71.0 cm³/mol. The summed E-state index contributed by atoms with van der Waals surface area (Å²) >= 11 is 0. The van der Waals surface area contributed by atoms with E-state index >= 15 is 0 Å². The molecule has 0 bridgehead atoms. The van der Waals surface area contributed by atoms with Crippen LogP contribution in [0.15, 0.2) is 0 Å². The SMILES string of the molecule is COC(=O)C(N)(CN1CCC(C(C)C)C1)C1CC1. The second-order valence-corrected chi connectivity index (χ2v) is 6.33. The van der Waals surface area contributed by atoms with Crippen LogP contribution in [-0.4, -0.2) is 43.2 Å². The number of nitrogens with two attached hydrogens (primary N) is 1. The Bertz CT molecular complexity index is 315. The first-order valence-corrected chi connectivity index (χ1v) is 7.07. The van der Waals surface area contributed by atoms with Crippen molar-refractivity contribution in [1.29, 1.82) is 0 Å². The van der Waals surface area contributed by atoms with Crippen molar-refractivity contribution in [1.82, 2.24) is 4.90 Å². The summed E-state index contributed by atoms with van der Waals surface area (Å²) in [7, 11) is 1.44. The summed E-state index contributed by atoms with van der Waals surface area (Å²) in [4.78, 5) is 14.3. The van der Waals surface area contributed by atoms with Crippen LogP contribution in [0, 0.1) is 17.8 Å². The molecule has 0 aromatic heterocycles. The Kier molecular flexibility index (Phi) is 3.97. The third-order valence-corrected chi connectivity index (χ3v) is 4.61. The molecule has 2 rings (SSSR count). The molecule has 0 spiro atoms. The van der Waals surface area contributed by atoms with Gasteiger partial charge >= 0.3 is 5.97 Å². The number of carbonyl (C=O) groups is 1. The lowest BCUT2D eigenvalue weighted by molar-refractivity contribution is -0.148. The van der Waals surface area contributed by atoms with Crippen LogP contribution in [0.2, 0.25) is 0 Å². The van der Waals surface area contributed by atoms with Crippen molar-refractivity contribution in [3.05, 3.63) is 0 Å². The molecule has 1 aliphatic carbocycles. The fourth-order valence-corrected chi connectivity index (χ4v) is 3.07. The Labute approximate surface area is 110 Å². The largest absolute Gasteiger partial charge is 0.468 e. The number of carbonyl (C=O) groups excluding carboxylic acids is 1. The maximum absolute atomic E-state index is 11.9. The van der Waals surface area contributed by atoms with Gasteiger partial charge in [0.25, 0.3) is 0 Å². The van der Waals surface area contributed by atoms with Gasteiger partial charge in [-0.1, -0.05) is 13.8 Å². The molecular weight excluding hydrogens is 228 g/mol. The lowest BCUT2D eigenvalue weighted by Crippen LogP contribution is -2.58. The van der Waals surface area contributed by atoms with Crippen molar-refractivity contribution in [2.45, 2.75) is 38.6 Å². The molecule has 18 heavy (non-hydrogen) atoms. The molecule has 2 fully saturated rings. The second-order valence-electron chi connectivity index (χ2n) is 6.33. The van der Waals surface area contributed by atoms with Crippen LogP contribution < -0.4 is 5.73 Å². The average Bonchev–Trinajstić information content (AvgIpc) is 3.09. The van der Waals surface area contributed by atoms with Crippen molar-refractivity contribution in [2.75, 3.05) is 26.7 Å². The topological polar surface area (TPSA) is 55.6 Å². The van der Waals surface area contributed by atoms with Gasteiger partial charge in [-0.3, -0.25) is 4.79 Å². The summed E-state index contributed by atoms with van der Waals surface area (Å²) < 4.78 is 4.91. The molecule has 4 nitrogen and oxygen atoms in total. The molecule has 1 saturated heterocycles. The fourth-order valence-electron chi connectivity index (χ4n) is 3.07. The summed E-state index contributed by atoms with van der Waals surface area (Å²) in [5.74, 6) is 1.54. The van der Waals surface area contributed by atoms with Crippen LogP contribution in [0.3, 0.4) is 0 Å². The molecular formula is C14H26N2O2. The number of ether oxygens (including phenoxy) is 1. The molecule has 1 saturated carbocycles. The maximum Gasteiger partial charge on any atom is 0.327 e. The van der Waals surface area contributed by atoms with Crippen molar-refractivity contribution in [3.63, 3.8) is 0 Å². The molecule has 4 heteroatoms. The van der Waals surface area contributed by atoms with Gasteiger partial charge in [-0.15, -0.1) is 0 Å². The zero-order chi connectivity index (χ0) is 13.3. The van der Waals surface area contributed by atoms with E-state index in [1.807, 2.05) is 0 Å².